The summed E-state index contributed by atoms with van der Waals surface area (Å²) in [4.78, 5) is 23.5. The highest BCUT2D eigenvalue weighted by Gasteiger charge is 2.15. The lowest BCUT2D eigenvalue weighted by Crippen LogP contribution is -2.35. The molecule has 0 atom stereocenters. The van der Waals surface area contributed by atoms with Crippen LogP contribution in [0, 0.1) is 11.3 Å². The minimum atomic E-state index is -0.599. The van der Waals surface area contributed by atoms with Gasteiger partial charge in [-0.05, 0) is 39.0 Å². The van der Waals surface area contributed by atoms with E-state index in [2.05, 4.69) is 16.0 Å². The smallest absolute Gasteiger partial charge is 0.407 e. The van der Waals surface area contributed by atoms with E-state index in [-0.39, 0.29) is 12.1 Å². The number of carbonyl (C=O) groups excluding carboxylic acids is 2. The summed E-state index contributed by atoms with van der Waals surface area (Å²) < 4.78 is 5.08. The zero-order valence-electron chi connectivity index (χ0n) is 14.7. The van der Waals surface area contributed by atoms with Crippen LogP contribution in [0.2, 0.25) is 10.0 Å². The number of carbonyl (C=O) groups is 2. The molecule has 26 heavy (non-hydrogen) atoms. The highest BCUT2D eigenvalue weighted by atomic mass is 35.5. The van der Waals surface area contributed by atoms with Crippen LogP contribution in [0.3, 0.4) is 0 Å². The first-order valence-corrected chi connectivity index (χ1v) is 8.45. The molecule has 1 rings (SSSR count). The number of anilines is 1. The number of nitrogens with one attached hydrogen (secondary N) is 3. The third kappa shape index (κ3) is 8.10. The molecule has 0 spiro atoms. The molecule has 9 heteroatoms. The Labute approximate surface area is 162 Å². The summed E-state index contributed by atoms with van der Waals surface area (Å²) in [6.45, 7) is 5.86. The summed E-state index contributed by atoms with van der Waals surface area (Å²) in [6.07, 6.45) is 0.727. The van der Waals surface area contributed by atoms with E-state index in [1.807, 2.05) is 0 Å². The molecule has 0 saturated heterocycles. The van der Waals surface area contributed by atoms with Crippen molar-refractivity contribution in [1.82, 2.24) is 10.6 Å². The third-order valence-corrected chi connectivity index (χ3v) is 3.47. The van der Waals surface area contributed by atoms with Crippen molar-refractivity contribution in [3.05, 3.63) is 40.0 Å². The van der Waals surface area contributed by atoms with E-state index in [1.165, 1.54) is 18.3 Å². The number of alkyl carbamates (subject to hydrolysis) is 1. The van der Waals surface area contributed by atoms with E-state index in [9.17, 15) is 9.59 Å². The van der Waals surface area contributed by atoms with Crippen molar-refractivity contribution in [3.8, 4) is 6.07 Å². The van der Waals surface area contributed by atoms with E-state index in [0.717, 1.165) is 0 Å². The van der Waals surface area contributed by atoms with Gasteiger partial charge in [-0.1, -0.05) is 23.2 Å². The minimum absolute atomic E-state index is 0.131. The fraction of sp³-hybridized carbons (Fsp3) is 0.353. The van der Waals surface area contributed by atoms with Gasteiger partial charge >= 0.3 is 6.09 Å². The number of halogens is 2. The van der Waals surface area contributed by atoms with Crippen molar-refractivity contribution in [2.45, 2.75) is 26.4 Å². The Balaban J connectivity index is 2.47. The fourth-order valence-electron chi connectivity index (χ4n) is 1.65. The van der Waals surface area contributed by atoms with E-state index < -0.39 is 17.6 Å². The fourth-order valence-corrected chi connectivity index (χ4v) is 1.94. The number of hydrogen-bond donors (Lipinski definition) is 3. The van der Waals surface area contributed by atoms with Gasteiger partial charge in [-0.15, -0.1) is 0 Å². The highest BCUT2D eigenvalue weighted by Crippen LogP contribution is 2.25. The Kier molecular flexibility index (Phi) is 8.23. The second-order valence-corrected chi connectivity index (χ2v) is 6.95. The van der Waals surface area contributed by atoms with Crippen LogP contribution in [0.1, 0.15) is 20.8 Å². The molecule has 0 aromatic heterocycles. The summed E-state index contributed by atoms with van der Waals surface area (Å²) in [5.41, 5.74) is -0.292. The van der Waals surface area contributed by atoms with Crippen LogP contribution >= 0.6 is 23.2 Å². The van der Waals surface area contributed by atoms with Crippen molar-refractivity contribution < 1.29 is 14.3 Å². The predicted octanol–water partition coefficient (Wildman–Crippen LogP) is 3.45. The number of amides is 2. The van der Waals surface area contributed by atoms with Gasteiger partial charge in [0.25, 0.3) is 5.91 Å². The maximum atomic E-state index is 12.1. The predicted molar refractivity (Wildman–Crippen MR) is 101 cm³/mol. The normalized spacial score (nSPS) is 11.3. The molecular weight excluding hydrogens is 379 g/mol. The Morgan fingerprint density at radius 1 is 1.23 bits per heavy atom. The minimum Gasteiger partial charge on any atom is -0.444 e. The van der Waals surface area contributed by atoms with Gasteiger partial charge in [0.15, 0.2) is 0 Å². The van der Waals surface area contributed by atoms with Crippen molar-refractivity contribution in [3.63, 3.8) is 0 Å². The number of ether oxygens (including phenoxy) is 1. The molecule has 0 heterocycles. The molecule has 0 bridgehead atoms. The number of nitrogens with zero attached hydrogens (tertiary/aromatic N) is 1. The molecule has 1 aromatic rings. The molecule has 0 unspecified atom stereocenters. The van der Waals surface area contributed by atoms with Gasteiger partial charge in [0.1, 0.15) is 17.2 Å². The Hall–Kier alpha value is -2.43. The number of nitriles is 1. The van der Waals surface area contributed by atoms with E-state index >= 15 is 0 Å². The average molecular weight is 399 g/mol. The number of rotatable bonds is 6. The van der Waals surface area contributed by atoms with Crippen LogP contribution in [0.15, 0.2) is 30.0 Å². The standard InChI is InChI=1S/C17H20Cl2N4O3/c1-17(2,3)26-16(25)22-7-6-21-10-11(9-20)15(24)23-12-4-5-13(18)14(19)8-12/h4-5,8,10,21H,6-7H2,1-3H3,(H,22,25)(H,23,24)/b11-10-. The lowest BCUT2D eigenvalue weighted by molar-refractivity contribution is -0.112. The van der Waals surface area contributed by atoms with Gasteiger partial charge in [-0.3, -0.25) is 4.79 Å². The Bertz CT molecular complexity index is 737. The first kappa shape index (κ1) is 21.6. The maximum absolute atomic E-state index is 12.1. The summed E-state index contributed by atoms with van der Waals surface area (Å²) in [7, 11) is 0. The summed E-state index contributed by atoms with van der Waals surface area (Å²) in [5.74, 6) is -0.599. The SMILES string of the molecule is CC(C)(C)OC(=O)NCCN/C=C(/C#N)C(=O)Nc1ccc(Cl)c(Cl)c1. The number of hydrogen-bond acceptors (Lipinski definition) is 5. The van der Waals surface area contributed by atoms with Crippen molar-refractivity contribution in [2.75, 3.05) is 18.4 Å². The molecule has 7 nitrogen and oxygen atoms in total. The zero-order valence-corrected chi connectivity index (χ0v) is 16.2. The molecule has 0 radical (unpaired) electrons. The van der Waals surface area contributed by atoms with Crippen molar-refractivity contribution in [1.29, 1.82) is 5.26 Å². The summed E-state index contributed by atoms with van der Waals surface area (Å²) in [5, 5.41) is 17.6. The molecule has 0 fully saturated rings. The quantitative estimate of drug-likeness (QED) is 0.386. The largest absolute Gasteiger partial charge is 0.444 e. The Morgan fingerprint density at radius 2 is 1.92 bits per heavy atom. The van der Waals surface area contributed by atoms with Gasteiger partial charge in [0, 0.05) is 25.0 Å². The lowest BCUT2D eigenvalue weighted by atomic mass is 10.2. The number of benzene rings is 1. The molecule has 2 amide bonds. The van der Waals surface area contributed by atoms with Crippen LogP contribution in [0.4, 0.5) is 10.5 Å². The lowest BCUT2D eigenvalue weighted by Gasteiger charge is -2.19. The first-order valence-electron chi connectivity index (χ1n) is 7.69. The monoisotopic (exact) mass is 398 g/mol. The third-order valence-electron chi connectivity index (χ3n) is 2.73. The second kappa shape index (κ2) is 9.90. The van der Waals surface area contributed by atoms with Crippen LogP contribution in [0.5, 0.6) is 0 Å². The van der Waals surface area contributed by atoms with Gasteiger partial charge in [-0.2, -0.15) is 5.26 Å². The molecule has 0 saturated carbocycles. The summed E-state index contributed by atoms with van der Waals surface area (Å²) >= 11 is 11.7. The van der Waals surface area contributed by atoms with Gasteiger partial charge in [0.2, 0.25) is 0 Å². The van der Waals surface area contributed by atoms with Crippen LogP contribution in [-0.4, -0.2) is 30.7 Å². The van der Waals surface area contributed by atoms with Gasteiger partial charge < -0.3 is 20.7 Å². The van der Waals surface area contributed by atoms with Gasteiger partial charge in [0.05, 0.1) is 10.0 Å². The summed E-state index contributed by atoms with van der Waals surface area (Å²) in [6, 6.07) is 6.38. The average Bonchev–Trinajstić information content (AvgIpc) is 2.52. The van der Waals surface area contributed by atoms with Gasteiger partial charge in [-0.25, -0.2) is 4.79 Å². The molecule has 3 N–H and O–H groups in total. The van der Waals surface area contributed by atoms with Crippen LogP contribution in [0.25, 0.3) is 0 Å². The first-order chi connectivity index (χ1) is 12.1. The molecular formula is C17H20Cl2N4O3. The molecule has 0 aliphatic carbocycles. The molecule has 1 aromatic carbocycles. The van der Waals surface area contributed by atoms with Crippen LogP contribution < -0.4 is 16.0 Å². The van der Waals surface area contributed by atoms with Crippen LogP contribution in [-0.2, 0) is 9.53 Å². The maximum Gasteiger partial charge on any atom is 0.407 e. The molecule has 0 aliphatic rings. The highest BCUT2D eigenvalue weighted by molar-refractivity contribution is 6.42. The molecule has 0 aliphatic heterocycles. The topological polar surface area (TPSA) is 103 Å². The second-order valence-electron chi connectivity index (χ2n) is 6.14. The van der Waals surface area contributed by atoms with Crippen molar-refractivity contribution >= 4 is 40.9 Å². The van der Waals surface area contributed by atoms with E-state index in [0.29, 0.717) is 22.3 Å². The zero-order chi connectivity index (χ0) is 19.7. The van der Waals surface area contributed by atoms with Crippen molar-refractivity contribution in [2.24, 2.45) is 0 Å². The molecule has 140 valence electrons. The van der Waals surface area contributed by atoms with E-state index in [4.69, 9.17) is 33.2 Å². The Morgan fingerprint density at radius 3 is 2.50 bits per heavy atom. The van der Waals surface area contributed by atoms with E-state index in [1.54, 1.807) is 32.9 Å².